The molecule has 1 aliphatic heterocycles. The summed E-state index contributed by atoms with van der Waals surface area (Å²) in [6.07, 6.45) is 1.26. The highest BCUT2D eigenvalue weighted by Crippen LogP contribution is 2.12. The van der Waals surface area contributed by atoms with Crippen LogP contribution in [0.15, 0.2) is 30.3 Å². The lowest BCUT2D eigenvalue weighted by Crippen LogP contribution is -2.44. The molecule has 1 aliphatic rings. The largest absolute Gasteiger partial charge is 0.484 e. The first-order valence-electron chi connectivity index (χ1n) is 5.89. The highest BCUT2D eigenvalue weighted by molar-refractivity contribution is 5.77. The van der Waals surface area contributed by atoms with Gasteiger partial charge in [0.2, 0.25) is 0 Å². The van der Waals surface area contributed by atoms with Crippen molar-refractivity contribution in [1.29, 1.82) is 0 Å². The van der Waals surface area contributed by atoms with Gasteiger partial charge in [-0.15, -0.1) is 0 Å². The van der Waals surface area contributed by atoms with Crippen molar-refractivity contribution >= 4 is 5.91 Å². The Balaban J connectivity index is 1.81. The van der Waals surface area contributed by atoms with E-state index in [1.54, 1.807) is 4.90 Å². The maximum Gasteiger partial charge on any atom is 0.260 e. The van der Waals surface area contributed by atoms with E-state index in [-0.39, 0.29) is 18.6 Å². The van der Waals surface area contributed by atoms with Crippen LogP contribution in [0.1, 0.15) is 12.8 Å². The first-order valence-corrected chi connectivity index (χ1v) is 5.89. The second-order valence-corrected chi connectivity index (χ2v) is 4.24. The predicted molar refractivity (Wildman–Crippen MR) is 63.8 cm³/mol. The number of piperidine rings is 1. The van der Waals surface area contributed by atoms with Gasteiger partial charge in [-0.25, -0.2) is 0 Å². The maximum absolute atomic E-state index is 11.8. The number of aliphatic hydroxyl groups excluding tert-OH is 1. The number of ether oxygens (including phenoxy) is 1. The van der Waals surface area contributed by atoms with Crippen molar-refractivity contribution in [3.05, 3.63) is 30.3 Å². The number of para-hydroxylation sites is 1. The van der Waals surface area contributed by atoms with E-state index in [1.807, 2.05) is 30.3 Å². The van der Waals surface area contributed by atoms with Gasteiger partial charge in [0.15, 0.2) is 6.61 Å². The molecule has 1 N–H and O–H groups in total. The Morgan fingerprint density at radius 1 is 1.41 bits per heavy atom. The fraction of sp³-hybridized carbons (Fsp3) is 0.462. The van der Waals surface area contributed by atoms with Crippen LogP contribution in [0.2, 0.25) is 0 Å². The van der Waals surface area contributed by atoms with Crippen molar-refractivity contribution in [2.24, 2.45) is 0 Å². The van der Waals surface area contributed by atoms with Gasteiger partial charge in [-0.05, 0) is 25.0 Å². The number of hydrogen-bond acceptors (Lipinski definition) is 3. The Kier molecular flexibility index (Phi) is 3.98. The minimum Gasteiger partial charge on any atom is -0.484 e. The molecule has 0 radical (unpaired) electrons. The molecule has 0 saturated carbocycles. The van der Waals surface area contributed by atoms with Gasteiger partial charge in [-0.1, -0.05) is 18.2 Å². The highest BCUT2D eigenvalue weighted by Gasteiger charge is 2.22. The number of hydrogen-bond donors (Lipinski definition) is 1. The number of carbonyl (C=O) groups excluding carboxylic acids is 1. The molecule has 1 heterocycles. The van der Waals surface area contributed by atoms with Crippen LogP contribution in [-0.2, 0) is 4.79 Å². The first kappa shape index (κ1) is 11.9. The Hall–Kier alpha value is -1.55. The second kappa shape index (κ2) is 5.68. The quantitative estimate of drug-likeness (QED) is 0.852. The average molecular weight is 235 g/mol. The van der Waals surface area contributed by atoms with E-state index in [0.29, 0.717) is 18.8 Å². The fourth-order valence-electron chi connectivity index (χ4n) is 1.93. The predicted octanol–water partition coefficient (Wildman–Crippen LogP) is 1.05. The number of rotatable bonds is 3. The summed E-state index contributed by atoms with van der Waals surface area (Å²) in [5.74, 6) is 0.631. The Bertz CT molecular complexity index is 366. The number of amides is 1. The molecule has 0 aliphatic carbocycles. The lowest BCUT2D eigenvalue weighted by atomic mass is 10.1. The zero-order chi connectivity index (χ0) is 12.1. The van der Waals surface area contributed by atoms with Crippen LogP contribution >= 0.6 is 0 Å². The number of carbonyl (C=O) groups is 1. The Labute approximate surface area is 101 Å². The average Bonchev–Trinajstić information content (AvgIpc) is 2.37. The highest BCUT2D eigenvalue weighted by atomic mass is 16.5. The maximum atomic E-state index is 11.8. The zero-order valence-corrected chi connectivity index (χ0v) is 9.71. The van der Waals surface area contributed by atoms with Gasteiger partial charge in [0.1, 0.15) is 5.75 Å². The molecule has 0 aromatic heterocycles. The van der Waals surface area contributed by atoms with Gasteiger partial charge in [0, 0.05) is 13.1 Å². The molecular weight excluding hydrogens is 218 g/mol. The number of benzene rings is 1. The third kappa shape index (κ3) is 3.46. The minimum atomic E-state index is -0.385. The van der Waals surface area contributed by atoms with E-state index in [2.05, 4.69) is 0 Å². The third-order valence-electron chi connectivity index (χ3n) is 2.85. The molecule has 1 amide bonds. The van der Waals surface area contributed by atoms with Crippen molar-refractivity contribution in [2.75, 3.05) is 19.7 Å². The second-order valence-electron chi connectivity index (χ2n) is 4.24. The first-order chi connectivity index (χ1) is 8.25. The van der Waals surface area contributed by atoms with Gasteiger partial charge in [-0.3, -0.25) is 4.79 Å². The van der Waals surface area contributed by atoms with E-state index in [4.69, 9.17) is 4.74 Å². The smallest absolute Gasteiger partial charge is 0.260 e. The molecule has 2 rings (SSSR count). The zero-order valence-electron chi connectivity index (χ0n) is 9.71. The SMILES string of the molecule is O=C(COc1ccccc1)N1CCC[C@@H](O)C1. The summed E-state index contributed by atoms with van der Waals surface area (Å²) in [6, 6.07) is 9.27. The van der Waals surface area contributed by atoms with Crippen molar-refractivity contribution in [1.82, 2.24) is 4.90 Å². The van der Waals surface area contributed by atoms with E-state index in [9.17, 15) is 9.90 Å². The Morgan fingerprint density at radius 3 is 2.88 bits per heavy atom. The van der Waals surface area contributed by atoms with Crippen molar-refractivity contribution in [2.45, 2.75) is 18.9 Å². The van der Waals surface area contributed by atoms with Crippen LogP contribution in [0.25, 0.3) is 0 Å². The van der Waals surface area contributed by atoms with Crippen LogP contribution in [0, 0.1) is 0 Å². The number of nitrogens with zero attached hydrogens (tertiary/aromatic N) is 1. The van der Waals surface area contributed by atoms with Gasteiger partial charge < -0.3 is 14.7 Å². The molecular formula is C13H17NO3. The molecule has 92 valence electrons. The van der Waals surface area contributed by atoms with Gasteiger partial charge in [0.25, 0.3) is 5.91 Å². The molecule has 0 bridgehead atoms. The molecule has 1 saturated heterocycles. The fourth-order valence-corrected chi connectivity index (χ4v) is 1.93. The van der Waals surface area contributed by atoms with Gasteiger partial charge in [-0.2, -0.15) is 0 Å². The molecule has 4 nitrogen and oxygen atoms in total. The lowest BCUT2D eigenvalue weighted by molar-refractivity contribution is -0.136. The number of aliphatic hydroxyl groups is 1. The molecule has 1 aromatic rings. The molecule has 4 heteroatoms. The summed E-state index contributed by atoms with van der Waals surface area (Å²) in [7, 11) is 0. The summed E-state index contributed by atoms with van der Waals surface area (Å²) in [5, 5.41) is 9.48. The Morgan fingerprint density at radius 2 is 2.18 bits per heavy atom. The van der Waals surface area contributed by atoms with E-state index in [0.717, 1.165) is 12.8 Å². The van der Waals surface area contributed by atoms with E-state index < -0.39 is 0 Å². The van der Waals surface area contributed by atoms with Crippen molar-refractivity contribution < 1.29 is 14.6 Å². The van der Waals surface area contributed by atoms with E-state index >= 15 is 0 Å². The van der Waals surface area contributed by atoms with Crippen LogP contribution in [0.5, 0.6) is 5.75 Å². The normalized spacial score (nSPS) is 20.1. The summed E-state index contributed by atoms with van der Waals surface area (Å²) >= 11 is 0. The number of likely N-dealkylation sites (tertiary alicyclic amines) is 1. The van der Waals surface area contributed by atoms with Crippen molar-refractivity contribution in [3.63, 3.8) is 0 Å². The van der Waals surface area contributed by atoms with Gasteiger partial charge in [0.05, 0.1) is 6.10 Å². The van der Waals surface area contributed by atoms with Crippen LogP contribution in [0.3, 0.4) is 0 Å². The molecule has 0 unspecified atom stereocenters. The van der Waals surface area contributed by atoms with Crippen LogP contribution in [-0.4, -0.2) is 41.7 Å². The standard InChI is InChI=1S/C13H17NO3/c15-11-5-4-8-14(9-11)13(16)10-17-12-6-2-1-3-7-12/h1-3,6-7,11,15H,4-5,8-10H2/t11-/m1/s1. The summed E-state index contributed by atoms with van der Waals surface area (Å²) < 4.78 is 5.38. The van der Waals surface area contributed by atoms with Crippen LogP contribution in [0.4, 0.5) is 0 Å². The van der Waals surface area contributed by atoms with Crippen molar-refractivity contribution in [3.8, 4) is 5.75 Å². The molecule has 1 fully saturated rings. The summed E-state index contributed by atoms with van der Waals surface area (Å²) in [5.41, 5.74) is 0. The third-order valence-corrected chi connectivity index (χ3v) is 2.85. The minimum absolute atomic E-state index is 0.0384. The molecule has 1 atom stereocenters. The summed E-state index contributed by atoms with van der Waals surface area (Å²) in [4.78, 5) is 13.5. The summed E-state index contributed by atoms with van der Waals surface area (Å²) in [6.45, 7) is 1.18. The van der Waals surface area contributed by atoms with E-state index in [1.165, 1.54) is 0 Å². The monoisotopic (exact) mass is 235 g/mol. The number of β-amino-alcohol motifs (C(OH)–C–C–N with tert-alkyl or cyclic N) is 1. The topological polar surface area (TPSA) is 49.8 Å². The van der Waals surface area contributed by atoms with Crippen LogP contribution < -0.4 is 4.74 Å². The molecule has 0 spiro atoms. The lowest BCUT2D eigenvalue weighted by Gasteiger charge is -2.29. The molecule has 1 aromatic carbocycles. The molecule has 17 heavy (non-hydrogen) atoms. The van der Waals surface area contributed by atoms with Gasteiger partial charge >= 0.3 is 0 Å².